The van der Waals surface area contributed by atoms with Crippen LogP contribution in [0.25, 0.3) is 0 Å². The minimum atomic E-state index is -0.538. The summed E-state index contributed by atoms with van der Waals surface area (Å²) in [6.07, 6.45) is 7.75. The molecule has 2 amide bonds. The lowest BCUT2D eigenvalue weighted by Gasteiger charge is -2.33. The highest BCUT2D eigenvalue weighted by atomic mass is 16.6. The van der Waals surface area contributed by atoms with E-state index in [1.165, 1.54) is 6.08 Å². The van der Waals surface area contributed by atoms with Crippen molar-refractivity contribution in [1.82, 2.24) is 10.6 Å². The number of hydrogen-bond acceptors (Lipinski definition) is 3. The van der Waals surface area contributed by atoms with Gasteiger partial charge in [-0.25, -0.2) is 4.79 Å². The molecule has 0 aromatic rings. The summed E-state index contributed by atoms with van der Waals surface area (Å²) in [6.45, 7) is 11.6. The van der Waals surface area contributed by atoms with Crippen molar-refractivity contribution >= 4 is 12.0 Å². The van der Waals surface area contributed by atoms with E-state index < -0.39 is 17.2 Å². The first kappa shape index (κ1) is 20.2. The number of carbonyl (C=O) groups is 2. The molecule has 5 heteroatoms. The molecule has 5 nitrogen and oxygen atoms in total. The molecular weight excluding hydrogens is 280 g/mol. The molecule has 0 rings (SSSR count). The monoisotopic (exact) mass is 310 g/mol. The lowest BCUT2D eigenvalue weighted by molar-refractivity contribution is -0.118. The van der Waals surface area contributed by atoms with Crippen LogP contribution in [0.4, 0.5) is 4.79 Å². The van der Waals surface area contributed by atoms with Crippen LogP contribution in [-0.2, 0) is 9.53 Å². The Morgan fingerprint density at radius 2 is 1.68 bits per heavy atom. The average molecular weight is 310 g/mol. The number of nitrogens with one attached hydrogen (secondary N) is 2. The number of ether oxygens (including phenoxy) is 1. The van der Waals surface area contributed by atoms with Crippen molar-refractivity contribution in [3.05, 3.63) is 24.3 Å². The number of carbonyl (C=O) groups excluding carboxylic acids is 2. The molecule has 0 spiro atoms. The Labute approximate surface area is 134 Å². The molecule has 0 aliphatic heterocycles. The van der Waals surface area contributed by atoms with Crippen molar-refractivity contribution in [3.8, 4) is 0 Å². The highest BCUT2D eigenvalue weighted by Gasteiger charge is 2.29. The van der Waals surface area contributed by atoms with Crippen LogP contribution < -0.4 is 10.6 Å². The van der Waals surface area contributed by atoms with Crippen molar-refractivity contribution in [1.29, 1.82) is 0 Å². The first-order chi connectivity index (χ1) is 10.2. The summed E-state index contributed by atoms with van der Waals surface area (Å²) in [7, 11) is 0. The molecule has 0 radical (unpaired) electrons. The molecular formula is C17H30N2O3. The third-order valence-corrected chi connectivity index (χ3v) is 3.26. The maximum absolute atomic E-state index is 11.9. The van der Waals surface area contributed by atoms with Crippen LogP contribution in [-0.4, -0.2) is 29.7 Å². The molecule has 0 heterocycles. The fraction of sp³-hybridized carbons (Fsp3) is 0.647. The van der Waals surface area contributed by atoms with Gasteiger partial charge in [0.2, 0.25) is 5.91 Å². The summed E-state index contributed by atoms with van der Waals surface area (Å²) in [5, 5.41) is 5.72. The van der Waals surface area contributed by atoms with Gasteiger partial charge in [0.1, 0.15) is 5.60 Å². The lowest BCUT2D eigenvalue weighted by atomic mass is 9.92. The van der Waals surface area contributed by atoms with Gasteiger partial charge in [0, 0.05) is 12.6 Å². The van der Waals surface area contributed by atoms with Gasteiger partial charge in [0.05, 0.1) is 5.54 Å². The third kappa shape index (κ3) is 8.49. The number of alkyl carbamates (subject to hydrolysis) is 1. The number of rotatable bonds is 7. The zero-order valence-electron chi connectivity index (χ0n) is 14.7. The van der Waals surface area contributed by atoms with Crippen LogP contribution in [0.15, 0.2) is 24.3 Å². The molecule has 0 aliphatic rings. The van der Waals surface area contributed by atoms with Crippen LogP contribution in [0, 0.1) is 0 Å². The zero-order valence-corrected chi connectivity index (χ0v) is 14.7. The van der Waals surface area contributed by atoms with Crippen LogP contribution in [0.2, 0.25) is 0 Å². The molecule has 0 bridgehead atoms. The van der Waals surface area contributed by atoms with Crippen molar-refractivity contribution in [2.24, 2.45) is 0 Å². The van der Waals surface area contributed by atoms with Gasteiger partial charge < -0.3 is 15.4 Å². The van der Waals surface area contributed by atoms with Gasteiger partial charge in [-0.15, -0.1) is 0 Å². The highest BCUT2D eigenvalue weighted by molar-refractivity contribution is 5.88. The van der Waals surface area contributed by atoms with Gasteiger partial charge in [-0.05, 0) is 40.5 Å². The molecule has 0 aromatic carbocycles. The molecule has 0 aromatic heterocycles. The predicted octanol–water partition coefficient (Wildman–Crippen LogP) is 3.32. The van der Waals surface area contributed by atoms with Crippen LogP contribution in [0.1, 0.15) is 54.4 Å². The smallest absolute Gasteiger partial charge is 0.407 e. The van der Waals surface area contributed by atoms with Gasteiger partial charge >= 0.3 is 6.09 Å². The van der Waals surface area contributed by atoms with E-state index in [1.54, 1.807) is 12.2 Å². The second kappa shape index (κ2) is 9.28. The maximum atomic E-state index is 11.9. The Morgan fingerprint density at radius 1 is 1.09 bits per heavy atom. The van der Waals surface area contributed by atoms with E-state index in [0.29, 0.717) is 19.4 Å². The van der Waals surface area contributed by atoms with Gasteiger partial charge in [0.15, 0.2) is 0 Å². The second-order valence-electron chi connectivity index (χ2n) is 6.22. The van der Waals surface area contributed by atoms with Gasteiger partial charge in [0.25, 0.3) is 0 Å². The summed E-state index contributed by atoms with van der Waals surface area (Å²) in [5.74, 6) is -0.173. The molecule has 126 valence electrons. The zero-order chi connectivity index (χ0) is 17.2. The van der Waals surface area contributed by atoms with Crippen LogP contribution in [0.5, 0.6) is 0 Å². The topological polar surface area (TPSA) is 67.4 Å². The number of hydrogen-bond donors (Lipinski definition) is 2. The predicted molar refractivity (Wildman–Crippen MR) is 89.6 cm³/mol. The SMILES string of the molecule is C/C=C/C=C/C(=O)NC(CC)(CC)CNC(=O)OC(C)(C)C. The van der Waals surface area contributed by atoms with Gasteiger partial charge in [-0.1, -0.05) is 32.1 Å². The molecule has 0 saturated heterocycles. The highest BCUT2D eigenvalue weighted by Crippen LogP contribution is 2.15. The summed E-state index contributed by atoms with van der Waals surface area (Å²) in [5.41, 5.74) is -1.02. The van der Waals surface area contributed by atoms with Crippen LogP contribution in [0.3, 0.4) is 0 Å². The molecule has 0 fully saturated rings. The summed E-state index contributed by atoms with van der Waals surface area (Å²) >= 11 is 0. The Bertz CT molecular complexity index is 416. The van der Waals surface area contributed by atoms with E-state index in [-0.39, 0.29) is 5.91 Å². The first-order valence-electron chi connectivity index (χ1n) is 7.76. The summed E-state index contributed by atoms with van der Waals surface area (Å²) in [6, 6.07) is 0. The van der Waals surface area contributed by atoms with Crippen molar-refractivity contribution in [3.63, 3.8) is 0 Å². The molecule has 22 heavy (non-hydrogen) atoms. The molecule has 2 N–H and O–H groups in total. The van der Waals surface area contributed by atoms with Crippen LogP contribution >= 0.6 is 0 Å². The summed E-state index contributed by atoms with van der Waals surface area (Å²) in [4.78, 5) is 23.7. The average Bonchev–Trinajstić information content (AvgIpc) is 2.42. The molecule has 0 unspecified atom stereocenters. The van der Waals surface area contributed by atoms with Gasteiger partial charge in [-0.3, -0.25) is 4.79 Å². The maximum Gasteiger partial charge on any atom is 0.407 e. The Kier molecular flexibility index (Phi) is 8.53. The fourth-order valence-corrected chi connectivity index (χ4v) is 1.83. The minimum Gasteiger partial charge on any atom is -0.444 e. The van der Waals surface area contributed by atoms with Crippen molar-refractivity contribution in [2.45, 2.75) is 65.5 Å². The largest absolute Gasteiger partial charge is 0.444 e. The van der Waals surface area contributed by atoms with E-state index in [2.05, 4.69) is 10.6 Å². The molecule has 0 aliphatic carbocycles. The van der Waals surface area contributed by atoms with E-state index in [0.717, 1.165) is 0 Å². The Hall–Kier alpha value is -1.78. The lowest BCUT2D eigenvalue weighted by Crippen LogP contribution is -2.55. The number of amides is 2. The molecule has 0 atom stereocenters. The van der Waals surface area contributed by atoms with Gasteiger partial charge in [-0.2, -0.15) is 0 Å². The third-order valence-electron chi connectivity index (χ3n) is 3.26. The van der Waals surface area contributed by atoms with Crippen molar-refractivity contribution in [2.75, 3.05) is 6.54 Å². The summed E-state index contributed by atoms with van der Waals surface area (Å²) < 4.78 is 5.22. The van der Waals surface area contributed by atoms with E-state index in [1.807, 2.05) is 47.6 Å². The van der Waals surface area contributed by atoms with E-state index in [4.69, 9.17) is 4.74 Å². The normalized spacial score (nSPS) is 12.6. The fourth-order valence-electron chi connectivity index (χ4n) is 1.83. The van der Waals surface area contributed by atoms with E-state index in [9.17, 15) is 9.59 Å². The Morgan fingerprint density at radius 3 is 2.14 bits per heavy atom. The van der Waals surface area contributed by atoms with Crippen molar-refractivity contribution < 1.29 is 14.3 Å². The van der Waals surface area contributed by atoms with E-state index >= 15 is 0 Å². The minimum absolute atomic E-state index is 0.173. The Balaban J connectivity index is 4.68. The first-order valence-corrected chi connectivity index (χ1v) is 7.76. The molecule has 0 saturated carbocycles. The quantitative estimate of drug-likeness (QED) is 0.560. The number of allylic oxidation sites excluding steroid dienone is 3. The standard InChI is InChI=1S/C17H30N2O3/c1-7-10-11-12-14(20)19-17(8-2,9-3)13-18-15(21)22-16(4,5)6/h7,10-12H,8-9,13H2,1-6H3,(H,18,21)(H,19,20)/b10-7+,12-11+. The second-order valence-corrected chi connectivity index (χ2v) is 6.22.